The van der Waals surface area contributed by atoms with E-state index < -0.39 is 0 Å². The van der Waals surface area contributed by atoms with Crippen LogP contribution < -0.4 is 5.43 Å². The normalized spacial score (nSPS) is 15.7. The Balaban J connectivity index is 2.33. The van der Waals surface area contributed by atoms with E-state index in [1.807, 2.05) is 36.4 Å². The second-order valence-electron chi connectivity index (χ2n) is 2.72. The molecule has 1 aliphatic rings. The average Bonchev–Trinajstić information content (AvgIpc) is 2.18. The van der Waals surface area contributed by atoms with Gasteiger partial charge in [0.2, 0.25) is 0 Å². The third kappa shape index (κ3) is 2.16. The summed E-state index contributed by atoms with van der Waals surface area (Å²) in [7, 11) is 0. The van der Waals surface area contributed by atoms with Crippen LogP contribution in [0.4, 0.5) is 0 Å². The Kier molecular flexibility index (Phi) is 2.88. The Morgan fingerprint density at radius 1 is 1.21 bits per heavy atom. The van der Waals surface area contributed by atoms with Crippen LogP contribution >= 0.6 is 32.1 Å². The van der Waals surface area contributed by atoms with Gasteiger partial charge in [-0.1, -0.05) is 30.3 Å². The fourth-order valence-electron chi connectivity index (χ4n) is 1.15. The molecule has 14 heavy (non-hydrogen) atoms. The van der Waals surface area contributed by atoms with E-state index >= 15 is 0 Å². The maximum absolute atomic E-state index is 4.05. The molecule has 0 saturated heterocycles. The first-order valence-corrected chi connectivity index (χ1v) is 5.50. The van der Waals surface area contributed by atoms with Gasteiger partial charge in [0.05, 0.1) is 21.8 Å². The lowest BCUT2D eigenvalue weighted by Crippen LogP contribution is -2.27. The predicted octanol–water partition coefficient (Wildman–Crippen LogP) is 2.87. The molecule has 0 amide bonds. The lowest BCUT2D eigenvalue weighted by atomic mass is 10.1. The molecule has 72 valence electrons. The summed E-state index contributed by atoms with van der Waals surface area (Å²) in [6, 6.07) is 10.0. The zero-order chi connectivity index (χ0) is 9.97. The maximum Gasteiger partial charge on any atom is 0.131 e. The van der Waals surface area contributed by atoms with Crippen LogP contribution in [0.3, 0.4) is 0 Å². The lowest BCUT2D eigenvalue weighted by Gasteiger charge is -2.20. The van der Waals surface area contributed by atoms with E-state index in [9.17, 15) is 0 Å². The number of hydrazine groups is 1. The van der Waals surface area contributed by atoms with Crippen LogP contribution in [0.1, 0.15) is 5.56 Å². The molecule has 0 saturated carbocycles. The van der Waals surface area contributed by atoms with Crippen LogP contribution in [0.15, 0.2) is 41.5 Å². The van der Waals surface area contributed by atoms with Crippen molar-refractivity contribution >= 4 is 42.4 Å². The van der Waals surface area contributed by atoms with Gasteiger partial charge in [-0.25, -0.2) is 0 Å². The summed E-state index contributed by atoms with van der Waals surface area (Å²) in [6.45, 7) is 0. The van der Waals surface area contributed by atoms with E-state index in [-0.39, 0.29) is 0 Å². The Labute approximate surface area is 98.9 Å². The average molecular weight is 317 g/mol. The molecule has 1 N–H and O–H groups in total. The van der Waals surface area contributed by atoms with Gasteiger partial charge < -0.3 is 0 Å². The highest BCUT2D eigenvalue weighted by atomic mass is 79.9. The third-order valence-electron chi connectivity index (χ3n) is 1.74. The van der Waals surface area contributed by atoms with E-state index in [1.54, 1.807) is 0 Å². The maximum atomic E-state index is 4.05. The van der Waals surface area contributed by atoms with E-state index in [0.717, 1.165) is 15.9 Å². The molecule has 1 heterocycles. The summed E-state index contributed by atoms with van der Waals surface area (Å²) < 4.78 is 2.26. The van der Waals surface area contributed by atoms with Gasteiger partial charge in [0, 0.05) is 0 Å². The van der Waals surface area contributed by atoms with Gasteiger partial charge >= 0.3 is 0 Å². The number of allylic oxidation sites excluding steroid dienone is 1. The number of hydrogen-bond donors (Lipinski definition) is 1. The zero-order valence-electron chi connectivity index (χ0n) is 7.11. The van der Waals surface area contributed by atoms with Crippen molar-refractivity contribution < 1.29 is 0 Å². The minimum absolute atomic E-state index is 0.770. The number of nitrogens with zero attached hydrogens (tertiary/aromatic N) is 2. The lowest BCUT2D eigenvalue weighted by molar-refractivity contribution is 0.460. The van der Waals surface area contributed by atoms with Gasteiger partial charge in [-0.3, -0.25) is 5.43 Å². The van der Waals surface area contributed by atoms with Crippen LogP contribution in [0.25, 0.3) is 5.70 Å². The minimum atomic E-state index is 0.770. The Morgan fingerprint density at radius 2 is 1.93 bits per heavy atom. The van der Waals surface area contributed by atoms with E-state index in [0.29, 0.717) is 0 Å². The van der Waals surface area contributed by atoms with E-state index in [2.05, 4.69) is 42.6 Å². The number of benzene rings is 1. The summed E-state index contributed by atoms with van der Waals surface area (Å²) in [4.78, 5) is 0. The molecule has 0 bridgehead atoms. The molecule has 3 nitrogen and oxygen atoms in total. The second-order valence-corrected chi connectivity index (χ2v) is 4.20. The number of rotatable bonds is 1. The van der Waals surface area contributed by atoms with Crippen LogP contribution in [0.2, 0.25) is 0 Å². The number of hydrogen-bond acceptors (Lipinski definition) is 3. The number of hydrazone groups is 1. The van der Waals surface area contributed by atoms with Crippen molar-refractivity contribution in [2.75, 3.05) is 0 Å². The highest BCUT2D eigenvalue weighted by molar-refractivity contribution is 9.18. The molecule has 1 aromatic carbocycles. The van der Waals surface area contributed by atoms with E-state index in [4.69, 9.17) is 0 Å². The standard InChI is InChI=1S/C9H7Br2N3/c10-9-6-8(12-14(11)13-9)7-4-2-1-3-5-7/h1-6,12H. The molecule has 0 aliphatic carbocycles. The molecule has 0 unspecified atom stereocenters. The first kappa shape index (κ1) is 9.73. The molecule has 0 atom stereocenters. The largest absolute Gasteiger partial charge is 0.271 e. The van der Waals surface area contributed by atoms with E-state index in [1.165, 1.54) is 4.14 Å². The Morgan fingerprint density at radius 3 is 2.57 bits per heavy atom. The number of halogens is 2. The fraction of sp³-hybridized carbons (Fsp3) is 0. The van der Waals surface area contributed by atoms with Crippen molar-refractivity contribution in [2.24, 2.45) is 5.10 Å². The number of nitrogens with one attached hydrogen (secondary N) is 1. The summed E-state index contributed by atoms with van der Waals surface area (Å²) in [5, 5.41) is 4.05. The Bertz CT molecular complexity index is 386. The Hall–Kier alpha value is -0.810. The molecular weight excluding hydrogens is 310 g/mol. The molecule has 5 heteroatoms. The van der Waals surface area contributed by atoms with Crippen LogP contribution in [-0.4, -0.2) is 8.76 Å². The van der Waals surface area contributed by atoms with Crippen LogP contribution in [-0.2, 0) is 0 Å². The third-order valence-corrected chi connectivity index (χ3v) is 2.47. The highest BCUT2D eigenvalue weighted by Gasteiger charge is 2.09. The fourth-order valence-corrected chi connectivity index (χ4v) is 2.12. The molecule has 0 spiro atoms. The van der Waals surface area contributed by atoms with Gasteiger partial charge in [0.1, 0.15) is 4.62 Å². The van der Waals surface area contributed by atoms with Gasteiger partial charge in [-0.15, -0.1) is 9.25 Å². The van der Waals surface area contributed by atoms with Gasteiger partial charge in [-0.2, -0.15) is 0 Å². The molecule has 2 rings (SSSR count). The van der Waals surface area contributed by atoms with Gasteiger partial charge in [0.25, 0.3) is 0 Å². The predicted molar refractivity (Wildman–Crippen MR) is 64.7 cm³/mol. The monoisotopic (exact) mass is 315 g/mol. The molecule has 1 aromatic rings. The molecule has 0 fully saturated rings. The van der Waals surface area contributed by atoms with Crippen LogP contribution in [0, 0.1) is 0 Å². The summed E-state index contributed by atoms with van der Waals surface area (Å²) >= 11 is 6.56. The van der Waals surface area contributed by atoms with Crippen molar-refractivity contribution in [1.29, 1.82) is 0 Å². The molecule has 1 aliphatic heterocycles. The molecule has 0 radical (unpaired) electrons. The molecule has 0 aromatic heterocycles. The minimum Gasteiger partial charge on any atom is -0.271 e. The highest BCUT2D eigenvalue weighted by Crippen LogP contribution is 2.18. The quantitative estimate of drug-likeness (QED) is 0.807. The van der Waals surface area contributed by atoms with Crippen molar-refractivity contribution in [2.45, 2.75) is 0 Å². The summed E-state index contributed by atoms with van der Waals surface area (Å²) in [6.07, 6.45) is 1.92. The van der Waals surface area contributed by atoms with Crippen molar-refractivity contribution in [3.05, 3.63) is 42.0 Å². The first-order chi connectivity index (χ1) is 6.75. The smallest absolute Gasteiger partial charge is 0.131 e. The summed E-state index contributed by atoms with van der Waals surface area (Å²) in [5.41, 5.74) is 5.16. The second kappa shape index (κ2) is 4.14. The van der Waals surface area contributed by atoms with Crippen molar-refractivity contribution in [3.63, 3.8) is 0 Å². The van der Waals surface area contributed by atoms with Gasteiger partial charge in [-0.05, 0) is 27.6 Å². The topological polar surface area (TPSA) is 27.6 Å². The van der Waals surface area contributed by atoms with Crippen LogP contribution in [0.5, 0.6) is 0 Å². The summed E-state index contributed by atoms with van der Waals surface area (Å²) in [5.74, 6) is 0. The van der Waals surface area contributed by atoms with Gasteiger partial charge in [0.15, 0.2) is 0 Å². The zero-order valence-corrected chi connectivity index (χ0v) is 10.3. The van der Waals surface area contributed by atoms with Crippen molar-refractivity contribution in [1.82, 2.24) is 9.57 Å². The first-order valence-electron chi connectivity index (χ1n) is 3.99. The molecular formula is C9H7Br2N3. The van der Waals surface area contributed by atoms with Crippen molar-refractivity contribution in [3.8, 4) is 0 Å². The SMILES string of the molecule is BrC1=NN(Br)NC(c2ccccc2)=C1.